The highest BCUT2D eigenvalue weighted by atomic mass is 35.5. The highest BCUT2D eigenvalue weighted by Crippen LogP contribution is 2.28. The summed E-state index contributed by atoms with van der Waals surface area (Å²) in [4.78, 5) is 14.1. The topological polar surface area (TPSA) is 55.6 Å². The number of carbonyl (C=O) groups is 1. The molecule has 0 bridgehead atoms. The Morgan fingerprint density at radius 1 is 1.52 bits per heavy atom. The van der Waals surface area contributed by atoms with Crippen LogP contribution >= 0.6 is 11.6 Å². The maximum Gasteiger partial charge on any atom is 0.260 e. The molecule has 1 heterocycles. The zero-order chi connectivity index (χ0) is 15.6. The standard InChI is InChI=1S/C16H23ClN2O2/c1-11-12(17)5-4-6-13(11)21-9-15(20)19-8-7-14(18)16(2,3)10-19/h4-6,14H,7-10,18H2,1-3H3. The first kappa shape index (κ1) is 16.1. The number of benzene rings is 1. The second-order valence-electron chi connectivity index (χ2n) is 6.35. The largest absolute Gasteiger partial charge is 0.483 e. The average Bonchev–Trinajstić information content (AvgIpc) is 2.43. The van der Waals surface area contributed by atoms with Crippen molar-refractivity contribution in [2.45, 2.75) is 33.2 Å². The molecule has 116 valence electrons. The predicted molar refractivity (Wildman–Crippen MR) is 84.6 cm³/mol. The van der Waals surface area contributed by atoms with E-state index < -0.39 is 0 Å². The molecule has 1 aromatic carbocycles. The van der Waals surface area contributed by atoms with Crippen molar-refractivity contribution in [1.29, 1.82) is 0 Å². The lowest BCUT2D eigenvalue weighted by Crippen LogP contribution is -2.54. The second kappa shape index (κ2) is 6.24. The van der Waals surface area contributed by atoms with Crippen molar-refractivity contribution in [3.05, 3.63) is 28.8 Å². The van der Waals surface area contributed by atoms with Gasteiger partial charge in [-0.05, 0) is 30.9 Å². The number of amides is 1. The van der Waals surface area contributed by atoms with E-state index >= 15 is 0 Å². The third-order valence-electron chi connectivity index (χ3n) is 4.23. The number of piperidine rings is 1. The number of ether oxygens (including phenoxy) is 1. The fourth-order valence-corrected chi connectivity index (χ4v) is 2.73. The number of nitrogens with zero attached hydrogens (tertiary/aromatic N) is 1. The summed E-state index contributed by atoms with van der Waals surface area (Å²) in [5, 5.41) is 0.644. The van der Waals surface area contributed by atoms with Crippen LogP contribution in [0.5, 0.6) is 5.75 Å². The number of likely N-dealkylation sites (tertiary alicyclic amines) is 1. The molecule has 2 rings (SSSR count). The first-order chi connectivity index (χ1) is 9.81. The van der Waals surface area contributed by atoms with E-state index in [4.69, 9.17) is 22.1 Å². The molecule has 0 spiro atoms. The Kier molecular flexibility index (Phi) is 4.79. The Bertz CT molecular complexity index is 531. The lowest BCUT2D eigenvalue weighted by atomic mass is 9.80. The Hall–Kier alpha value is -1.26. The second-order valence-corrected chi connectivity index (χ2v) is 6.76. The zero-order valence-corrected chi connectivity index (χ0v) is 13.6. The summed E-state index contributed by atoms with van der Waals surface area (Å²) in [6.07, 6.45) is 0.828. The van der Waals surface area contributed by atoms with Gasteiger partial charge < -0.3 is 15.4 Å². The fourth-order valence-electron chi connectivity index (χ4n) is 2.56. The molecular formula is C16H23ClN2O2. The van der Waals surface area contributed by atoms with Crippen LogP contribution in [0.3, 0.4) is 0 Å². The minimum absolute atomic E-state index is 0.00523. The molecule has 1 atom stereocenters. The van der Waals surface area contributed by atoms with Gasteiger partial charge in [-0.2, -0.15) is 0 Å². The molecule has 1 aliphatic heterocycles. The van der Waals surface area contributed by atoms with Gasteiger partial charge in [0.2, 0.25) is 0 Å². The molecule has 0 aliphatic carbocycles. The molecule has 21 heavy (non-hydrogen) atoms. The molecule has 1 aromatic rings. The van der Waals surface area contributed by atoms with E-state index in [1.54, 1.807) is 6.07 Å². The van der Waals surface area contributed by atoms with Crippen molar-refractivity contribution in [2.24, 2.45) is 11.1 Å². The predicted octanol–water partition coefficient (Wildman–Crippen LogP) is 2.61. The number of hydrogen-bond donors (Lipinski definition) is 1. The van der Waals surface area contributed by atoms with Crippen molar-refractivity contribution in [1.82, 2.24) is 4.90 Å². The van der Waals surface area contributed by atoms with E-state index in [0.29, 0.717) is 23.9 Å². The summed E-state index contributed by atoms with van der Waals surface area (Å²) < 4.78 is 5.62. The Labute approximate surface area is 131 Å². The fraction of sp³-hybridized carbons (Fsp3) is 0.562. The molecule has 1 unspecified atom stereocenters. The molecule has 4 nitrogen and oxygen atoms in total. The number of rotatable bonds is 3. The van der Waals surface area contributed by atoms with Gasteiger partial charge >= 0.3 is 0 Å². The molecule has 1 saturated heterocycles. The molecule has 1 aliphatic rings. The van der Waals surface area contributed by atoms with Crippen LogP contribution in [0.4, 0.5) is 0 Å². The summed E-state index contributed by atoms with van der Waals surface area (Å²) in [6.45, 7) is 7.47. The van der Waals surface area contributed by atoms with E-state index in [-0.39, 0.29) is 24.0 Å². The Morgan fingerprint density at radius 2 is 2.24 bits per heavy atom. The first-order valence-corrected chi connectivity index (χ1v) is 7.60. The lowest BCUT2D eigenvalue weighted by molar-refractivity contribution is -0.136. The smallest absolute Gasteiger partial charge is 0.260 e. The summed E-state index contributed by atoms with van der Waals surface area (Å²) in [5.74, 6) is 0.651. The number of nitrogens with two attached hydrogens (primary N) is 1. The van der Waals surface area contributed by atoms with E-state index in [1.165, 1.54) is 0 Å². The van der Waals surface area contributed by atoms with Gasteiger partial charge in [0.05, 0.1) is 0 Å². The highest BCUT2D eigenvalue weighted by molar-refractivity contribution is 6.31. The average molecular weight is 311 g/mol. The van der Waals surface area contributed by atoms with E-state index in [1.807, 2.05) is 24.0 Å². The van der Waals surface area contributed by atoms with E-state index in [0.717, 1.165) is 12.0 Å². The zero-order valence-electron chi connectivity index (χ0n) is 12.9. The SMILES string of the molecule is Cc1c(Cl)cccc1OCC(=O)N1CCC(N)C(C)(C)C1. The van der Waals surface area contributed by atoms with Gasteiger partial charge in [-0.1, -0.05) is 31.5 Å². The van der Waals surface area contributed by atoms with Crippen LogP contribution in [0, 0.1) is 12.3 Å². The minimum atomic E-state index is -0.0557. The van der Waals surface area contributed by atoms with E-state index in [2.05, 4.69) is 13.8 Å². The van der Waals surface area contributed by atoms with Crippen LogP contribution in [0.15, 0.2) is 18.2 Å². The van der Waals surface area contributed by atoms with Crippen molar-refractivity contribution in [2.75, 3.05) is 19.7 Å². The summed E-state index contributed by atoms with van der Waals surface area (Å²) in [7, 11) is 0. The van der Waals surface area contributed by atoms with Crippen molar-refractivity contribution >= 4 is 17.5 Å². The normalized spacial score (nSPS) is 21.2. The first-order valence-electron chi connectivity index (χ1n) is 7.22. The quantitative estimate of drug-likeness (QED) is 0.933. The molecule has 0 aromatic heterocycles. The summed E-state index contributed by atoms with van der Waals surface area (Å²) in [5.41, 5.74) is 6.89. The number of hydrogen-bond acceptors (Lipinski definition) is 3. The van der Waals surface area contributed by atoms with Crippen LogP contribution in [0.2, 0.25) is 5.02 Å². The van der Waals surface area contributed by atoms with Crippen molar-refractivity contribution < 1.29 is 9.53 Å². The van der Waals surface area contributed by atoms with Crippen molar-refractivity contribution in [3.8, 4) is 5.75 Å². The Morgan fingerprint density at radius 3 is 2.90 bits per heavy atom. The summed E-state index contributed by atoms with van der Waals surface area (Å²) >= 11 is 6.04. The van der Waals surface area contributed by atoms with Crippen LogP contribution < -0.4 is 10.5 Å². The van der Waals surface area contributed by atoms with Gasteiger partial charge in [0.25, 0.3) is 5.91 Å². The van der Waals surface area contributed by atoms with Gasteiger partial charge in [-0.25, -0.2) is 0 Å². The Balaban J connectivity index is 1.95. The van der Waals surface area contributed by atoms with Crippen LogP contribution in [0.25, 0.3) is 0 Å². The maximum atomic E-state index is 12.3. The molecule has 5 heteroatoms. The van der Waals surface area contributed by atoms with Gasteiger partial charge in [-0.15, -0.1) is 0 Å². The molecule has 0 saturated carbocycles. The van der Waals surface area contributed by atoms with Crippen LogP contribution in [0.1, 0.15) is 25.8 Å². The molecular weight excluding hydrogens is 288 g/mol. The molecule has 1 fully saturated rings. The third-order valence-corrected chi connectivity index (χ3v) is 4.64. The third kappa shape index (κ3) is 3.69. The van der Waals surface area contributed by atoms with Crippen LogP contribution in [-0.4, -0.2) is 36.5 Å². The highest BCUT2D eigenvalue weighted by Gasteiger charge is 2.35. The lowest BCUT2D eigenvalue weighted by Gasteiger charge is -2.42. The monoisotopic (exact) mass is 310 g/mol. The van der Waals surface area contributed by atoms with E-state index in [9.17, 15) is 4.79 Å². The minimum Gasteiger partial charge on any atom is -0.483 e. The van der Waals surface area contributed by atoms with Gasteiger partial charge in [0.15, 0.2) is 6.61 Å². The summed E-state index contributed by atoms with van der Waals surface area (Å²) in [6, 6.07) is 5.58. The molecule has 1 amide bonds. The van der Waals surface area contributed by atoms with Gasteiger partial charge in [0.1, 0.15) is 5.75 Å². The number of halogens is 1. The van der Waals surface area contributed by atoms with Crippen molar-refractivity contribution in [3.63, 3.8) is 0 Å². The maximum absolute atomic E-state index is 12.3. The molecule has 0 radical (unpaired) electrons. The van der Waals surface area contributed by atoms with Crippen LogP contribution in [-0.2, 0) is 4.79 Å². The van der Waals surface area contributed by atoms with Gasteiger partial charge in [0, 0.05) is 29.7 Å². The number of carbonyl (C=O) groups excluding carboxylic acids is 1. The van der Waals surface area contributed by atoms with Gasteiger partial charge in [-0.3, -0.25) is 4.79 Å². The molecule has 2 N–H and O–H groups in total.